The van der Waals surface area contributed by atoms with Crippen LogP contribution in [0.3, 0.4) is 0 Å². The Balaban J connectivity index is 1.84. The van der Waals surface area contributed by atoms with Crippen LogP contribution in [0, 0.1) is 18.3 Å². The molecule has 0 spiro atoms. The number of rotatable bonds is 7. The molecule has 4 rings (SSSR count). The topological polar surface area (TPSA) is 95.3 Å². The molecule has 1 fully saturated rings. The standard InChI is InChI=1S/C23H28N2O4/c1-3-8-23(11-19(26)27)22-18(7-9-29-23)20-15(12-24)10-16(14(2)21(20)25-22)13-28-17-5-4-6-17/h10,17,25H,3-9,11,13H2,1-2H3,(H,26,27). The normalized spacial score (nSPS) is 21.6. The number of aryl methyl sites for hydroxylation is 1. The lowest BCUT2D eigenvalue weighted by atomic mass is 9.84. The summed E-state index contributed by atoms with van der Waals surface area (Å²) in [7, 11) is 0. The zero-order valence-electron chi connectivity index (χ0n) is 17.1. The fourth-order valence-corrected chi connectivity index (χ4v) is 4.75. The van der Waals surface area contributed by atoms with Crippen LogP contribution in [0.5, 0.6) is 0 Å². The molecule has 0 radical (unpaired) electrons. The summed E-state index contributed by atoms with van der Waals surface area (Å²) >= 11 is 0. The van der Waals surface area contributed by atoms with E-state index in [1.807, 2.05) is 19.9 Å². The van der Waals surface area contributed by atoms with Crippen LogP contribution in [-0.4, -0.2) is 28.8 Å². The molecular formula is C23H28N2O4. The maximum atomic E-state index is 11.6. The summed E-state index contributed by atoms with van der Waals surface area (Å²) in [5.74, 6) is -0.878. The summed E-state index contributed by atoms with van der Waals surface area (Å²) in [4.78, 5) is 15.1. The van der Waals surface area contributed by atoms with Crippen molar-refractivity contribution in [3.63, 3.8) is 0 Å². The summed E-state index contributed by atoms with van der Waals surface area (Å²) in [5.41, 5.74) is 4.62. The van der Waals surface area contributed by atoms with Crippen LogP contribution < -0.4 is 0 Å². The van der Waals surface area contributed by atoms with Crippen molar-refractivity contribution in [2.45, 2.75) is 77.1 Å². The first-order valence-electron chi connectivity index (χ1n) is 10.5. The highest BCUT2D eigenvalue weighted by Gasteiger charge is 2.42. The maximum Gasteiger partial charge on any atom is 0.306 e. The molecule has 0 amide bonds. The number of hydrogen-bond donors (Lipinski definition) is 2. The van der Waals surface area contributed by atoms with Gasteiger partial charge in [0.15, 0.2) is 0 Å². The SMILES string of the molecule is CCCC1(CC(=O)O)OCCc2c1[nH]c1c(C)c(COC3CCC3)cc(C#N)c21. The third kappa shape index (κ3) is 3.43. The predicted octanol–water partition coefficient (Wildman–Crippen LogP) is 4.46. The summed E-state index contributed by atoms with van der Waals surface area (Å²) in [6, 6.07) is 4.30. The first-order valence-corrected chi connectivity index (χ1v) is 10.5. The predicted molar refractivity (Wildman–Crippen MR) is 109 cm³/mol. The van der Waals surface area contributed by atoms with Crippen LogP contribution in [-0.2, 0) is 32.9 Å². The molecule has 1 aromatic carbocycles. The number of nitriles is 1. The van der Waals surface area contributed by atoms with Crippen molar-refractivity contribution >= 4 is 16.9 Å². The molecular weight excluding hydrogens is 368 g/mol. The van der Waals surface area contributed by atoms with Crippen molar-refractivity contribution in [1.29, 1.82) is 5.26 Å². The highest BCUT2D eigenvalue weighted by Crippen LogP contribution is 2.44. The van der Waals surface area contributed by atoms with E-state index in [4.69, 9.17) is 9.47 Å². The molecule has 29 heavy (non-hydrogen) atoms. The van der Waals surface area contributed by atoms with Gasteiger partial charge in [-0.1, -0.05) is 13.3 Å². The van der Waals surface area contributed by atoms with Gasteiger partial charge in [-0.25, -0.2) is 0 Å². The second-order valence-corrected chi connectivity index (χ2v) is 8.33. The Morgan fingerprint density at radius 1 is 1.48 bits per heavy atom. The van der Waals surface area contributed by atoms with Gasteiger partial charge < -0.3 is 19.6 Å². The van der Waals surface area contributed by atoms with Crippen LogP contribution >= 0.6 is 0 Å². The fourth-order valence-electron chi connectivity index (χ4n) is 4.75. The molecule has 2 aliphatic rings. The first-order chi connectivity index (χ1) is 14.0. The Morgan fingerprint density at radius 3 is 2.90 bits per heavy atom. The number of nitrogens with one attached hydrogen (secondary N) is 1. The van der Waals surface area contributed by atoms with Crippen molar-refractivity contribution in [2.24, 2.45) is 0 Å². The lowest BCUT2D eigenvalue weighted by molar-refractivity contribution is -0.149. The van der Waals surface area contributed by atoms with Gasteiger partial charge in [0.05, 0.1) is 48.6 Å². The molecule has 154 valence electrons. The Morgan fingerprint density at radius 2 is 2.28 bits per heavy atom. The van der Waals surface area contributed by atoms with Crippen LogP contribution in [0.25, 0.3) is 10.9 Å². The fraction of sp³-hybridized carbons (Fsp3) is 0.565. The molecule has 2 aromatic rings. The average Bonchev–Trinajstić information content (AvgIpc) is 3.04. The monoisotopic (exact) mass is 396 g/mol. The summed E-state index contributed by atoms with van der Waals surface area (Å²) < 4.78 is 12.1. The van der Waals surface area contributed by atoms with Crippen LogP contribution in [0.2, 0.25) is 0 Å². The third-order valence-electron chi connectivity index (χ3n) is 6.47. The molecule has 1 aliphatic carbocycles. The number of H-pyrrole nitrogens is 1. The van der Waals surface area contributed by atoms with E-state index in [2.05, 4.69) is 11.1 Å². The van der Waals surface area contributed by atoms with E-state index in [0.29, 0.717) is 37.7 Å². The minimum atomic E-state index is -0.878. The minimum Gasteiger partial charge on any atom is -0.481 e. The van der Waals surface area contributed by atoms with Gasteiger partial charge in [0, 0.05) is 5.39 Å². The number of aliphatic carboxylic acids is 1. The van der Waals surface area contributed by atoms with Crippen molar-refractivity contribution < 1.29 is 19.4 Å². The van der Waals surface area contributed by atoms with Gasteiger partial charge in [0.1, 0.15) is 5.60 Å². The molecule has 0 saturated heterocycles. The Hall–Kier alpha value is -2.36. The maximum absolute atomic E-state index is 11.6. The van der Waals surface area contributed by atoms with E-state index in [-0.39, 0.29) is 6.42 Å². The van der Waals surface area contributed by atoms with E-state index >= 15 is 0 Å². The summed E-state index contributed by atoms with van der Waals surface area (Å²) in [6.07, 6.45) is 5.78. The molecule has 0 bridgehead atoms. The zero-order chi connectivity index (χ0) is 20.6. The number of carbonyl (C=O) groups is 1. The largest absolute Gasteiger partial charge is 0.481 e. The lowest BCUT2D eigenvalue weighted by Crippen LogP contribution is -2.37. The second kappa shape index (κ2) is 7.81. The van der Waals surface area contributed by atoms with Gasteiger partial charge in [-0.05, 0) is 61.8 Å². The third-order valence-corrected chi connectivity index (χ3v) is 6.47. The first kappa shape index (κ1) is 19.9. The van der Waals surface area contributed by atoms with E-state index in [1.165, 1.54) is 6.42 Å². The minimum absolute atomic E-state index is 0.0841. The van der Waals surface area contributed by atoms with Gasteiger partial charge in [0.2, 0.25) is 0 Å². The number of aromatic nitrogens is 1. The van der Waals surface area contributed by atoms with Gasteiger partial charge in [-0.2, -0.15) is 5.26 Å². The number of fused-ring (bicyclic) bond motifs is 3. The van der Waals surface area contributed by atoms with E-state index in [9.17, 15) is 15.2 Å². The molecule has 1 atom stereocenters. The smallest absolute Gasteiger partial charge is 0.306 e. The van der Waals surface area contributed by atoms with Crippen molar-refractivity contribution in [2.75, 3.05) is 6.61 Å². The number of carboxylic acids is 1. The average molecular weight is 396 g/mol. The van der Waals surface area contributed by atoms with Crippen LogP contribution in [0.4, 0.5) is 0 Å². The second-order valence-electron chi connectivity index (χ2n) is 8.33. The van der Waals surface area contributed by atoms with Gasteiger partial charge in [-0.15, -0.1) is 0 Å². The van der Waals surface area contributed by atoms with E-state index in [0.717, 1.165) is 52.5 Å². The van der Waals surface area contributed by atoms with E-state index in [1.54, 1.807) is 0 Å². The van der Waals surface area contributed by atoms with Crippen molar-refractivity contribution in [3.05, 3.63) is 34.0 Å². The van der Waals surface area contributed by atoms with Crippen molar-refractivity contribution in [3.8, 4) is 6.07 Å². The molecule has 1 aliphatic heterocycles. The number of nitrogens with zero attached hydrogens (tertiary/aromatic N) is 1. The van der Waals surface area contributed by atoms with Crippen LogP contribution in [0.15, 0.2) is 6.07 Å². The molecule has 1 unspecified atom stereocenters. The number of hydrogen-bond acceptors (Lipinski definition) is 4. The molecule has 6 nitrogen and oxygen atoms in total. The van der Waals surface area contributed by atoms with Gasteiger partial charge >= 0.3 is 5.97 Å². The molecule has 2 N–H and O–H groups in total. The highest BCUT2D eigenvalue weighted by atomic mass is 16.5. The van der Waals surface area contributed by atoms with E-state index < -0.39 is 11.6 Å². The number of ether oxygens (including phenoxy) is 2. The van der Waals surface area contributed by atoms with Crippen LogP contribution in [0.1, 0.15) is 73.4 Å². The van der Waals surface area contributed by atoms with Gasteiger partial charge in [0.25, 0.3) is 0 Å². The summed E-state index contributed by atoms with van der Waals surface area (Å²) in [6.45, 7) is 5.04. The molecule has 6 heteroatoms. The van der Waals surface area contributed by atoms with Crippen molar-refractivity contribution in [1.82, 2.24) is 4.98 Å². The highest BCUT2D eigenvalue weighted by molar-refractivity contribution is 5.94. The number of aromatic amines is 1. The van der Waals surface area contributed by atoms with Gasteiger partial charge in [-0.3, -0.25) is 4.79 Å². The Bertz CT molecular complexity index is 983. The quantitative estimate of drug-likeness (QED) is 0.720. The molecule has 2 heterocycles. The Labute approximate surface area is 170 Å². The lowest BCUT2D eigenvalue weighted by Gasteiger charge is -2.36. The number of benzene rings is 1. The number of carboxylic acid groups (broad SMARTS) is 1. The zero-order valence-corrected chi connectivity index (χ0v) is 17.1. The summed E-state index contributed by atoms with van der Waals surface area (Å²) in [5, 5.41) is 20.3. The Kier molecular flexibility index (Phi) is 5.37. The molecule has 1 saturated carbocycles. The molecule has 1 aromatic heterocycles.